The Bertz CT molecular complexity index is 594. The van der Waals surface area contributed by atoms with Gasteiger partial charge in [0, 0.05) is 16.8 Å². The van der Waals surface area contributed by atoms with Crippen molar-refractivity contribution in [3.63, 3.8) is 0 Å². The molecule has 0 fully saturated rings. The van der Waals surface area contributed by atoms with E-state index in [0.717, 1.165) is 12.0 Å². The maximum atomic E-state index is 6.48. The van der Waals surface area contributed by atoms with Crippen LogP contribution in [0.4, 0.5) is 0 Å². The Kier molecular flexibility index (Phi) is 3.86. The third-order valence-electron chi connectivity index (χ3n) is 3.87. The number of hydrogen-bond donors (Lipinski definition) is 1. The molecule has 0 radical (unpaired) electrons. The third-order valence-corrected chi connectivity index (χ3v) is 5.70. The first-order valence-electron chi connectivity index (χ1n) is 6.44. The van der Waals surface area contributed by atoms with Crippen LogP contribution in [0, 0.1) is 0 Å². The normalized spacial score (nSPS) is 20.1. The largest absolute Gasteiger partial charge is 0.323 e. The topological polar surface area (TPSA) is 26.0 Å². The molecule has 0 bridgehead atoms. The minimum atomic E-state index is -0.0835. The van der Waals surface area contributed by atoms with Crippen LogP contribution in [0.3, 0.4) is 0 Å². The molecule has 1 aromatic heterocycles. The first kappa shape index (κ1) is 13.4. The maximum Gasteiger partial charge on any atom is 0.0640 e. The third kappa shape index (κ3) is 2.43. The van der Waals surface area contributed by atoms with Gasteiger partial charge in [-0.3, -0.25) is 0 Å². The van der Waals surface area contributed by atoms with Gasteiger partial charge in [0.2, 0.25) is 0 Å². The Hall–Kier alpha value is -0.540. The highest BCUT2D eigenvalue weighted by atomic mass is 35.5. The molecular weight excluding hydrogens is 297 g/mol. The summed E-state index contributed by atoms with van der Waals surface area (Å²) < 4.78 is 0. The number of thiophene rings is 1. The molecule has 1 aromatic carbocycles. The summed E-state index contributed by atoms with van der Waals surface area (Å²) in [5.74, 6) is 0.353. The van der Waals surface area contributed by atoms with Crippen LogP contribution < -0.4 is 5.73 Å². The molecule has 3 rings (SSSR count). The molecule has 1 heterocycles. The second-order valence-corrected chi connectivity index (χ2v) is 6.75. The Morgan fingerprint density at radius 2 is 2.11 bits per heavy atom. The van der Waals surface area contributed by atoms with E-state index < -0.39 is 0 Å². The molecule has 4 heteroatoms. The molecule has 2 aromatic rings. The highest BCUT2D eigenvalue weighted by Crippen LogP contribution is 2.43. The predicted octanol–water partition coefficient (Wildman–Crippen LogP) is 5.17. The van der Waals surface area contributed by atoms with Crippen LogP contribution in [0.25, 0.3) is 0 Å². The van der Waals surface area contributed by atoms with Gasteiger partial charge < -0.3 is 5.73 Å². The summed E-state index contributed by atoms with van der Waals surface area (Å²) in [7, 11) is 0. The van der Waals surface area contributed by atoms with Crippen LogP contribution in [-0.4, -0.2) is 0 Å². The van der Waals surface area contributed by atoms with Crippen LogP contribution in [0.15, 0.2) is 29.6 Å². The number of halogens is 2. The fraction of sp³-hybridized carbons (Fsp3) is 0.333. The molecule has 19 heavy (non-hydrogen) atoms. The molecule has 2 atom stereocenters. The first-order valence-corrected chi connectivity index (χ1v) is 8.08. The first-order chi connectivity index (χ1) is 9.18. The molecule has 2 N–H and O–H groups in total. The summed E-state index contributed by atoms with van der Waals surface area (Å²) in [5, 5.41) is 3.34. The number of fused-ring (bicyclic) bond motifs is 1. The zero-order chi connectivity index (χ0) is 13.4. The Labute approximate surface area is 127 Å². The number of hydrogen-bond acceptors (Lipinski definition) is 2. The highest BCUT2D eigenvalue weighted by Gasteiger charge is 2.28. The molecule has 0 aliphatic heterocycles. The van der Waals surface area contributed by atoms with Crippen molar-refractivity contribution in [1.29, 1.82) is 0 Å². The zero-order valence-corrected chi connectivity index (χ0v) is 12.7. The minimum Gasteiger partial charge on any atom is -0.323 e. The lowest BCUT2D eigenvalue weighted by atomic mass is 9.80. The highest BCUT2D eigenvalue weighted by molar-refractivity contribution is 7.10. The molecule has 0 saturated heterocycles. The van der Waals surface area contributed by atoms with Crippen molar-refractivity contribution < 1.29 is 0 Å². The van der Waals surface area contributed by atoms with Crippen molar-refractivity contribution in [3.05, 3.63) is 55.7 Å². The summed E-state index contributed by atoms with van der Waals surface area (Å²) in [6, 6.07) is 7.83. The number of benzene rings is 1. The number of nitrogens with two attached hydrogens (primary N) is 1. The molecule has 1 aliphatic carbocycles. The predicted molar refractivity (Wildman–Crippen MR) is 83.4 cm³/mol. The Morgan fingerprint density at radius 3 is 2.95 bits per heavy atom. The van der Waals surface area contributed by atoms with Crippen LogP contribution >= 0.6 is 34.5 Å². The van der Waals surface area contributed by atoms with E-state index in [2.05, 4.69) is 11.4 Å². The van der Waals surface area contributed by atoms with Gasteiger partial charge in [0.25, 0.3) is 0 Å². The van der Waals surface area contributed by atoms with E-state index in [1.54, 1.807) is 6.07 Å². The Balaban J connectivity index is 1.98. The lowest BCUT2D eigenvalue weighted by Crippen LogP contribution is -2.23. The summed E-state index contributed by atoms with van der Waals surface area (Å²) in [5.41, 5.74) is 8.83. The lowest BCUT2D eigenvalue weighted by molar-refractivity contribution is 0.479. The average molecular weight is 312 g/mol. The summed E-state index contributed by atoms with van der Waals surface area (Å²) in [6.45, 7) is 0. The van der Waals surface area contributed by atoms with E-state index in [9.17, 15) is 0 Å². The van der Waals surface area contributed by atoms with Gasteiger partial charge in [-0.15, -0.1) is 11.3 Å². The molecule has 2 unspecified atom stereocenters. The van der Waals surface area contributed by atoms with E-state index in [1.807, 2.05) is 23.5 Å². The van der Waals surface area contributed by atoms with E-state index in [-0.39, 0.29) is 6.04 Å². The van der Waals surface area contributed by atoms with E-state index in [0.29, 0.717) is 16.0 Å². The molecule has 0 saturated carbocycles. The maximum absolute atomic E-state index is 6.48. The van der Waals surface area contributed by atoms with Crippen LogP contribution in [0.2, 0.25) is 10.0 Å². The van der Waals surface area contributed by atoms with E-state index in [1.165, 1.54) is 23.3 Å². The summed E-state index contributed by atoms with van der Waals surface area (Å²) in [4.78, 5) is 1.48. The smallest absolute Gasteiger partial charge is 0.0640 e. The molecule has 1 aliphatic rings. The van der Waals surface area contributed by atoms with Crippen molar-refractivity contribution in [1.82, 2.24) is 0 Å². The second-order valence-electron chi connectivity index (χ2n) is 4.97. The molecule has 0 amide bonds. The SMILES string of the molecule is NC(c1cccc(Cl)c1Cl)C1CCCc2sccc21. The van der Waals surface area contributed by atoms with E-state index in [4.69, 9.17) is 28.9 Å². The van der Waals surface area contributed by atoms with Crippen molar-refractivity contribution in [2.24, 2.45) is 5.73 Å². The molecular formula is C15H15Cl2NS. The zero-order valence-electron chi connectivity index (χ0n) is 10.4. The monoisotopic (exact) mass is 311 g/mol. The standard InChI is InChI=1S/C15H15Cl2NS/c16-12-5-1-4-11(14(12)17)15(18)10-3-2-6-13-9(10)7-8-19-13/h1,4-5,7-8,10,15H,2-3,6,18H2. The fourth-order valence-electron chi connectivity index (χ4n) is 2.89. The van der Waals surface area contributed by atoms with Gasteiger partial charge >= 0.3 is 0 Å². The van der Waals surface area contributed by atoms with Gasteiger partial charge in [-0.25, -0.2) is 0 Å². The van der Waals surface area contributed by atoms with Crippen molar-refractivity contribution in [2.75, 3.05) is 0 Å². The van der Waals surface area contributed by atoms with Crippen LogP contribution in [0.5, 0.6) is 0 Å². The number of rotatable bonds is 2. The minimum absolute atomic E-state index is 0.0835. The average Bonchev–Trinajstić information content (AvgIpc) is 2.89. The van der Waals surface area contributed by atoms with Gasteiger partial charge in [0.15, 0.2) is 0 Å². The summed E-state index contributed by atoms with van der Waals surface area (Å²) in [6.07, 6.45) is 3.50. The fourth-order valence-corrected chi connectivity index (χ4v) is 4.32. The summed E-state index contributed by atoms with van der Waals surface area (Å²) >= 11 is 14.2. The molecule has 1 nitrogen and oxygen atoms in total. The van der Waals surface area contributed by atoms with Crippen LogP contribution in [-0.2, 0) is 6.42 Å². The quantitative estimate of drug-likeness (QED) is 0.813. The van der Waals surface area contributed by atoms with Gasteiger partial charge in [-0.2, -0.15) is 0 Å². The molecule has 0 spiro atoms. The lowest BCUT2D eigenvalue weighted by Gasteiger charge is -2.29. The Morgan fingerprint density at radius 1 is 1.26 bits per heavy atom. The van der Waals surface area contributed by atoms with Crippen molar-refractivity contribution >= 4 is 34.5 Å². The van der Waals surface area contributed by atoms with Gasteiger partial charge in [-0.05, 0) is 47.9 Å². The van der Waals surface area contributed by atoms with Gasteiger partial charge in [-0.1, -0.05) is 35.3 Å². The van der Waals surface area contributed by atoms with Gasteiger partial charge in [0.1, 0.15) is 0 Å². The van der Waals surface area contributed by atoms with Crippen molar-refractivity contribution in [2.45, 2.75) is 31.2 Å². The molecule has 100 valence electrons. The second kappa shape index (κ2) is 5.45. The van der Waals surface area contributed by atoms with Gasteiger partial charge in [0.05, 0.1) is 10.0 Å². The van der Waals surface area contributed by atoms with E-state index >= 15 is 0 Å². The van der Waals surface area contributed by atoms with Crippen molar-refractivity contribution in [3.8, 4) is 0 Å². The van der Waals surface area contributed by atoms with Crippen LogP contribution in [0.1, 0.15) is 40.8 Å². The number of aryl methyl sites for hydroxylation is 1.